The lowest BCUT2D eigenvalue weighted by Crippen LogP contribution is -2.37. The monoisotopic (exact) mass is 186 g/mol. The van der Waals surface area contributed by atoms with Gasteiger partial charge in [0.15, 0.2) is 0 Å². The third-order valence-corrected chi connectivity index (χ3v) is 1.93. The summed E-state index contributed by atoms with van der Waals surface area (Å²) in [6.07, 6.45) is 0. The Balaban J connectivity index is 3.52. The van der Waals surface area contributed by atoms with E-state index >= 15 is 0 Å². The van der Waals surface area contributed by atoms with Crippen molar-refractivity contribution in [2.75, 3.05) is 53.4 Å². The van der Waals surface area contributed by atoms with Gasteiger partial charge >= 0.3 is 0 Å². The van der Waals surface area contributed by atoms with Crippen LogP contribution in [-0.4, -0.2) is 65.0 Å². The molecule has 0 spiro atoms. The van der Waals surface area contributed by atoms with E-state index in [-0.39, 0.29) is 0 Å². The second kappa shape index (κ2) is 9.64. The van der Waals surface area contributed by atoms with Crippen molar-refractivity contribution >= 4 is 6.72 Å². The average molecular weight is 186 g/mol. The summed E-state index contributed by atoms with van der Waals surface area (Å²) in [6.45, 7) is 9.53. The van der Waals surface area contributed by atoms with Crippen LogP contribution in [0.15, 0.2) is 4.99 Å². The Kier molecular flexibility index (Phi) is 9.30. The summed E-state index contributed by atoms with van der Waals surface area (Å²) in [6, 6.07) is 0. The molecule has 0 fully saturated rings. The minimum Gasteiger partial charge on any atom is -0.318 e. The maximum Gasteiger partial charge on any atom is 0.0509 e. The van der Waals surface area contributed by atoms with Crippen LogP contribution in [0.2, 0.25) is 0 Å². The normalized spacial score (nSPS) is 10.7. The minimum absolute atomic E-state index is 0.827. The quantitative estimate of drug-likeness (QED) is 0.474. The summed E-state index contributed by atoms with van der Waals surface area (Å²) in [7, 11) is 3.95. The molecule has 2 N–H and O–H groups in total. The Morgan fingerprint density at radius 1 is 1.08 bits per heavy atom. The number of hydrogen-bond donors (Lipinski definition) is 2. The van der Waals surface area contributed by atoms with Crippen molar-refractivity contribution in [3.8, 4) is 0 Å². The van der Waals surface area contributed by atoms with Crippen LogP contribution in [0.1, 0.15) is 0 Å². The highest BCUT2D eigenvalue weighted by atomic mass is 15.2. The van der Waals surface area contributed by atoms with Crippen LogP contribution in [-0.2, 0) is 0 Å². The van der Waals surface area contributed by atoms with Crippen molar-refractivity contribution in [1.29, 1.82) is 0 Å². The molecule has 0 aliphatic rings. The largest absolute Gasteiger partial charge is 0.318 e. The molecule has 0 heterocycles. The van der Waals surface area contributed by atoms with E-state index in [0.717, 1.165) is 39.3 Å². The van der Waals surface area contributed by atoms with Gasteiger partial charge in [0, 0.05) is 32.7 Å². The Labute approximate surface area is 81.4 Å². The molecule has 4 nitrogen and oxygen atoms in total. The smallest absolute Gasteiger partial charge is 0.0509 e. The molecule has 0 rings (SSSR count). The van der Waals surface area contributed by atoms with E-state index in [0.29, 0.717) is 0 Å². The summed E-state index contributed by atoms with van der Waals surface area (Å²) in [5.74, 6) is 0. The van der Waals surface area contributed by atoms with E-state index < -0.39 is 0 Å². The standard InChI is InChI=1S/C9H22N4/c1-10-4-7-13(8-5-11-2)9-6-12-3/h11-12H,1,4-9H2,2-3H3. The molecule has 4 heteroatoms. The third-order valence-electron chi connectivity index (χ3n) is 1.93. The van der Waals surface area contributed by atoms with Crippen LogP contribution in [0.5, 0.6) is 0 Å². The average Bonchev–Trinajstić information content (AvgIpc) is 2.17. The molecule has 0 aromatic carbocycles. The fraction of sp³-hybridized carbons (Fsp3) is 0.889. The first-order valence-electron chi connectivity index (χ1n) is 4.79. The highest BCUT2D eigenvalue weighted by Crippen LogP contribution is 1.86. The predicted octanol–water partition coefficient (Wildman–Crippen LogP) is -0.572. The van der Waals surface area contributed by atoms with E-state index in [9.17, 15) is 0 Å². The van der Waals surface area contributed by atoms with Crippen molar-refractivity contribution in [3.05, 3.63) is 0 Å². The van der Waals surface area contributed by atoms with Crippen LogP contribution in [0.3, 0.4) is 0 Å². The topological polar surface area (TPSA) is 39.7 Å². The molecule has 0 aliphatic carbocycles. The summed E-state index contributed by atoms with van der Waals surface area (Å²) < 4.78 is 0. The number of nitrogens with one attached hydrogen (secondary N) is 2. The van der Waals surface area contributed by atoms with Crippen molar-refractivity contribution < 1.29 is 0 Å². The van der Waals surface area contributed by atoms with Crippen molar-refractivity contribution in [1.82, 2.24) is 15.5 Å². The summed E-state index contributed by atoms with van der Waals surface area (Å²) in [5, 5.41) is 6.29. The number of nitrogens with zero attached hydrogens (tertiary/aromatic N) is 2. The molecular formula is C9H22N4. The molecule has 0 amide bonds. The highest BCUT2D eigenvalue weighted by Gasteiger charge is 2.01. The molecule has 0 aromatic heterocycles. The SMILES string of the molecule is C=NCCN(CCNC)CCNC. The molecular weight excluding hydrogens is 164 g/mol. The van der Waals surface area contributed by atoms with Gasteiger partial charge in [-0.05, 0) is 20.8 Å². The number of hydrogen-bond acceptors (Lipinski definition) is 4. The highest BCUT2D eigenvalue weighted by molar-refractivity contribution is 5.23. The van der Waals surface area contributed by atoms with E-state index in [4.69, 9.17) is 0 Å². The molecule has 0 saturated heterocycles. The molecule has 0 saturated carbocycles. The van der Waals surface area contributed by atoms with E-state index in [2.05, 4.69) is 27.2 Å². The van der Waals surface area contributed by atoms with E-state index in [1.807, 2.05) is 14.1 Å². The van der Waals surface area contributed by atoms with Crippen LogP contribution in [0.25, 0.3) is 0 Å². The number of rotatable bonds is 9. The number of aliphatic imine (C=N–C) groups is 1. The van der Waals surface area contributed by atoms with E-state index in [1.54, 1.807) is 0 Å². The second-order valence-electron chi connectivity index (χ2n) is 3.00. The van der Waals surface area contributed by atoms with Gasteiger partial charge in [-0.1, -0.05) is 0 Å². The number of likely N-dealkylation sites (N-methyl/N-ethyl adjacent to an activating group) is 2. The van der Waals surface area contributed by atoms with Crippen LogP contribution in [0, 0.1) is 0 Å². The van der Waals surface area contributed by atoms with Gasteiger partial charge in [-0.3, -0.25) is 9.89 Å². The van der Waals surface area contributed by atoms with Crippen LogP contribution < -0.4 is 10.6 Å². The molecule has 0 atom stereocenters. The van der Waals surface area contributed by atoms with Gasteiger partial charge in [-0.15, -0.1) is 0 Å². The predicted molar refractivity (Wildman–Crippen MR) is 58.7 cm³/mol. The van der Waals surface area contributed by atoms with Crippen molar-refractivity contribution in [2.45, 2.75) is 0 Å². The van der Waals surface area contributed by atoms with E-state index in [1.165, 1.54) is 0 Å². The maximum absolute atomic E-state index is 3.86. The molecule has 78 valence electrons. The zero-order valence-electron chi connectivity index (χ0n) is 8.84. The fourth-order valence-corrected chi connectivity index (χ4v) is 1.09. The lowest BCUT2D eigenvalue weighted by atomic mass is 10.4. The molecule has 0 unspecified atom stereocenters. The summed E-state index contributed by atoms with van der Waals surface area (Å²) >= 11 is 0. The summed E-state index contributed by atoms with van der Waals surface area (Å²) in [5.41, 5.74) is 0. The van der Waals surface area contributed by atoms with Gasteiger partial charge < -0.3 is 10.6 Å². The molecule has 0 aliphatic heterocycles. The molecule has 13 heavy (non-hydrogen) atoms. The lowest BCUT2D eigenvalue weighted by molar-refractivity contribution is 0.285. The molecule has 0 radical (unpaired) electrons. The Morgan fingerprint density at radius 3 is 2.00 bits per heavy atom. The molecule has 0 bridgehead atoms. The summed E-state index contributed by atoms with van der Waals surface area (Å²) in [4.78, 5) is 6.24. The third kappa shape index (κ3) is 7.90. The zero-order chi connectivity index (χ0) is 9.94. The van der Waals surface area contributed by atoms with Crippen LogP contribution in [0.4, 0.5) is 0 Å². The van der Waals surface area contributed by atoms with Gasteiger partial charge in [0.1, 0.15) is 0 Å². The van der Waals surface area contributed by atoms with Gasteiger partial charge in [-0.2, -0.15) is 0 Å². The van der Waals surface area contributed by atoms with Crippen molar-refractivity contribution in [3.63, 3.8) is 0 Å². The van der Waals surface area contributed by atoms with Gasteiger partial charge in [0.05, 0.1) is 6.54 Å². The van der Waals surface area contributed by atoms with Gasteiger partial charge in [0.2, 0.25) is 0 Å². The van der Waals surface area contributed by atoms with Crippen molar-refractivity contribution in [2.24, 2.45) is 4.99 Å². The van der Waals surface area contributed by atoms with Gasteiger partial charge in [0.25, 0.3) is 0 Å². The molecule has 0 aromatic rings. The zero-order valence-corrected chi connectivity index (χ0v) is 8.84. The fourth-order valence-electron chi connectivity index (χ4n) is 1.09. The first kappa shape index (κ1) is 12.6. The van der Waals surface area contributed by atoms with Crippen LogP contribution >= 0.6 is 0 Å². The Hall–Kier alpha value is -0.450. The Bertz CT molecular complexity index is 108. The maximum atomic E-state index is 3.86. The Morgan fingerprint density at radius 2 is 1.62 bits per heavy atom. The first-order chi connectivity index (χ1) is 6.35. The minimum atomic E-state index is 0.827. The lowest BCUT2D eigenvalue weighted by Gasteiger charge is -2.20. The first-order valence-corrected chi connectivity index (χ1v) is 4.79. The second-order valence-corrected chi connectivity index (χ2v) is 3.00. The van der Waals surface area contributed by atoms with Gasteiger partial charge in [-0.25, -0.2) is 0 Å².